The summed E-state index contributed by atoms with van der Waals surface area (Å²) in [7, 11) is 0. The zero-order chi connectivity index (χ0) is 33.1. The number of hydrogen-bond acceptors (Lipinski definition) is 7. The van der Waals surface area contributed by atoms with Gasteiger partial charge in [0.1, 0.15) is 16.8 Å². The van der Waals surface area contributed by atoms with Crippen LogP contribution in [-0.2, 0) is 21.1 Å². The Kier molecular flexibility index (Phi) is 6.33. The second kappa shape index (κ2) is 10.9. The van der Waals surface area contributed by atoms with Gasteiger partial charge in [0, 0.05) is 42.9 Å². The second-order valence-corrected chi connectivity index (χ2v) is 12.5. The summed E-state index contributed by atoms with van der Waals surface area (Å²) in [5.74, 6) is 0.853. The minimum absolute atomic E-state index is 0. The fourth-order valence-corrected chi connectivity index (χ4v) is 7.27. The Bertz CT molecular complexity index is 3210. The van der Waals surface area contributed by atoms with E-state index in [4.69, 9.17) is 23.2 Å². The molecule has 0 aliphatic heterocycles. The zero-order valence-electron chi connectivity index (χ0n) is 26.7. The molecule has 0 saturated heterocycles. The molecule has 0 amide bonds. The van der Waals surface area contributed by atoms with Gasteiger partial charge < -0.3 is 18.4 Å². The summed E-state index contributed by atoms with van der Waals surface area (Å²) in [6, 6.07) is 40.6. The molecule has 0 radical (unpaired) electrons. The van der Waals surface area contributed by atoms with Crippen molar-refractivity contribution in [3.05, 3.63) is 127 Å². The van der Waals surface area contributed by atoms with Gasteiger partial charge in [-0.3, -0.25) is 4.57 Å². The fourth-order valence-electron chi connectivity index (χ4n) is 7.27. The maximum Gasteiger partial charge on any atom is 0.227 e. The number of para-hydroxylation sites is 4. The molecule has 1 N–H and O–H groups in total. The van der Waals surface area contributed by atoms with E-state index < -0.39 is 0 Å². The topological polar surface area (TPSA) is 103 Å². The number of phenolic OH excluding ortho intramolecular Hbond substituents is 1. The number of rotatable bonds is 3. The number of benzene rings is 5. The third-order valence-electron chi connectivity index (χ3n) is 9.53. The first-order chi connectivity index (χ1) is 24.6. The molecule has 0 spiro atoms. The van der Waals surface area contributed by atoms with E-state index in [0.29, 0.717) is 50.6 Å². The molecule has 11 aromatic rings. The summed E-state index contributed by atoms with van der Waals surface area (Å²) in [6.07, 6.45) is 0. The number of fused-ring (bicyclic) bond motifs is 11. The smallest absolute Gasteiger partial charge is 0.227 e. The minimum Gasteiger partial charge on any atom is -0.515 e. The number of aromatic nitrogens is 4. The van der Waals surface area contributed by atoms with E-state index >= 15 is 0 Å². The molecular formula is C42H23N4O4Pt-. The van der Waals surface area contributed by atoms with Crippen LogP contribution >= 0.6 is 0 Å². The van der Waals surface area contributed by atoms with Crippen LogP contribution < -0.4 is 0 Å². The second-order valence-electron chi connectivity index (χ2n) is 12.5. The third kappa shape index (κ3) is 4.26. The molecule has 0 saturated carbocycles. The number of aromatic hydroxyl groups is 1. The zero-order valence-corrected chi connectivity index (χ0v) is 29.0. The number of phenols is 1. The van der Waals surface area contributed by atoms with E-state index in [2.05, 4.69) is 33.8 Å². The van der Waals surface area contributed by atoms with Crippen LogP contribution in [0.2, 0.25) is 0 Å². The van der Waals surface area contributed by atoms with Gasteiger partial charge in [0.2, 0.25) is 5.71 Å². The minimum atomic E-state index is 0. The monoisotopic (exact) mass is 842 g/mol. The molecule has 11 rings (SSSR count). The van der Waals surface area contributed by atoms with Crippen molar-refractivity contribution in [1.82, 2.24) is 19.5 Å². The first-order valence-electron chi connectivity index (χ1n) is 16.3. The van der Waals surface area contributed by atoms with E-state index in [9.17, 15) is 5.11 Å². The summed E-state index contributed by atoms with van der Waals surface area (Å²) in [5.41, 5.74) is 10.3. The van der Waals surface area contributed by atoms with Crippen molar-refractivity contribution in [2.45, 2.75) is 6.92 Å². The third-order valence-corrected chi connectivity index (χ3v) is 9.53. The molecule has 5 aromatic carbocycles. The van der Waals surface area contributed by atoms with Crippen molar-refractivity contribution >= 4 is 77.1 Å². The predicted octanol–water partition coefficient (Wildman–Crippen LogP) is 10.7. The quantitative estimate of drug-likeness (QED) is 0.177. The van der Waals surface area contributed by atoms with Gasteiger partial charge in [-0.25, -0.2) is 15.0 Å². The van der Waals surface area contributed by atoms with Gasteiger partial charge in [-0.2, -0.15) is 0 Å². The van der Waals surface area contributed by atoms with E-state index in [-0.39, 0.29) is 26.8 Å². The Morgan fingerprint density at radius 1 is 0.647 bits per heavy atom. The van der Waals surface area contributed by atoms with Gasteiger partial charge in [0.25, 0.3) is 0 Å². The largest absolute Gasteiger partial charge is 0.515 e. The Morgan fingerprint density at radius 3 is 2.33 bits per heavy atom. The maximum atomic E-state index is 10.6. The SMILES string of the molecule is Cc1ccc2c(n1)oc1c(-n3c(-c4ccc5oc6ccc7oc8ccc(-c9ccccc9O)[c-]c8c7c6c5n4)nc4ccccc43)cccc12.[Pt]. The number of furan rings is 3. The molecule has 0 fully saturated rings. The number of pyridine rings is 2. The van der Waals surface area contributed by atoms with Crippen LogP contribution in [0.4, 0.5) is 0 Å². The molecular weight excluding hydrogens is 820 g/mol. The Morgan fingerprint density at radius 2 is 1.43 bits per heavy atom. The van der Waals surface area contributed by atoms with Crippen molar-refractivity contribution in [3.8, 4) is 34.1 Å². The Labute approximate surface area is 302 Å². The van der Waals surface area contributed by atoms with Gasteiger partial charge in [0.05, 0.1) is 33.6 Å². The molecule has 0 unspecified atom stereocenters. The normalized spacial score (nSPS) is 11.9. The van der Waals surface area contributed by atoms with Gasteiger partial charge >= 0.3 is 0 Å². The van der Waals surface area contributed by atoms with Crippen LogP contribution in [0.1, 0.15) is 5.69 Å². The molecule has 51 heavy (non-hydrogen) atoms. The first kappa shape index (κ1) is 29.7. The van der Waals surface area contributed by atoms with E-state index in [0.717, 1.165) is 60.5 Å². The standard InChI is InChI=1S/C42H23N4O4.Pt/c1-22-13-15-26-25-8-6-11-31(40(25)50-42(26)43-22)46-30-10-4-3-9-28(30)45-41(46)29-16-18-36-39(44-29)38-35(49-36)20-19-34-37(38)27-21-23(14-17-33(27)48-34)24-7-2-5-12-32(24)47;/h2-20,47H,1H3;/q-1;. The first-order valence-corrected chi connectivity index (χ1v) is 16.3. The van der Waals surface area contributed by atoms with Crippen molar-refractivity contribution in [1.29, 1.82) is 0 Å². The van der Waals surface area contributed by atoms with Crippen LogP contribution in [0.3, 0.4) is 0 Å². The molecule has 6 aromatic heterocycles. The molecule has 0 aliphatic carbocycles. The average Bonchev–Trinajstić information content (AvgIpc) is 3.90. The van der Waals surface area contributed by atoms with Gasteiger partial charge in [0.15, 0.2) is 17.0 Å². The number of aryl methyl sites for hydroxylation is 1. The van der Waals surface area contributed by atoms with Gasteiger partial charge in [-0.05, 0) is 78.5 Å². The van der Waals surface area contributed by atoms with E-state index in [1.165, 1.54) is 0 Å². The molecule has 9 heteroatoms. The van der Waals surface area contributed by atoms with Crippen LogP contribution in [0, 0.1) is 13.0 Å². The van der Waals surface area contributed by atoms with Crippen LogP contribution in [0.5, 0.6) is 5.75 Å². The summed E-state index contributed by atoms with van der Waals surface area (Å²) in [5, 5.41) is 15.0. The molecule has 8 nitrogen and oxygen atoms in total. The van der Waals surface area contributed by atoms with Crippen LogP contribution in [0.25, 0.3) is 105 Å². The van der Waals surface area contributed by atoms with Crippen LogP contribution in [-0.4, -0.2) is 24.6 Å². The molecule has 0 atom stereocenters. The summed E-state index contributed by atoms with van der Waals surface area (Å²) in [4.78, 5) is 15.1. The van der Waals surface area contributed by atoms with Gasteiger partial charge in [-0.15, -0.1) is 17.7 Å². The Hall–Kier alpha value is -6.24. The summed E-state index contributed by atoms with van der Waals surface area (Å²) in [6.45, 7) is 1.96. The molecule has 6 heterocycles. The maximum absolute atomic E-state index is 10.6. The summed E-state index contributed by atoms with van der Waals surface area (Å²) >= 11 is 0. The number of hydrogen-bond donors (Lipinski definition) is 1. The molecule has 0 aliphatic rings. The molecule has 0 bridgehead atoms. The average molecular weight is 843 g/mol. The number of nitrogens with zero attached hydrogens (tertiary/aromatic N) is 4. The van der Waals surface area contributed by atoms with Crippen LogP contribution in [0.15, 0.2) is 129 Å². The Balaban J connectivity index is 0.00000327. The van der Waals surface area contributed by atoms with Crippen molar-refractivity contribution in [3.63, 3.8) is 0 Å². The fraction of sp³-hybridized carbons (Fsp3) is 0.0238. The van der Waals surface area contributed by atoms with Crippen molar-refractivity contribution in [2.75, 3.05) is 0 Å². The van der Waals surface area contributed by atoms with E-state index in [1.807, 2.05) is 91.9 Å². The molecule has 246 valence electrons. The van der Waals surface area contributed by atoms with Crippen molar-refractivity contribution < 1.29 is 39.4 Å². The predicted molar refractivity (Wildman–Crippen MR) is 195 cm³/mol. The summed E-state index contributed by atoms with van der Waals surface area (Å²) < 4.78 is 21.2. The van der Waals surface area contributed by atoms with Gasteiger partial charge in [-0.1, -0.05) is 53.9 Å². The van der Waals surface area contributed by atoms with Crippen molar-refractivity contribution in [2.24, 2.45) is 0 Å². The van der Waals surface area contributed by atoms with E-state index in [1.54, 1.807) is 12.1 Å². The number of imidazole rings is 1.